The second-order valence-corrected chi connectivity index (χ2v) is 7.03. The maximum Gasteiger partial charge on any atom is 0.306 e. The summed E-state index contributed by atoms with van der Waals surface area (Å²) in [4.78, 5) is 13.7. The first-order valence-corrected chi connectivity index (χ1v) is 10.0. The van der Waals surface area contributed by atoms with Gasteiger partial charge in [0, 0.05) is 26.2 Å². The van der Waals surface area contributed by atoms with Crippen LogP contribution in [0.3, 0.4) is 0 Å². The van der Waals surface area contributed by atoms with E-state index in [2.05, 4.69) is 6.92 Å². The Morgan fingerprint density at radius 3 is 2.42 bits per heavy atom. The maximum atomic E-state index is 11.7. The summed E-state index contributed by atoms with van der Waals surface area (Å²) in [5.74, 6) is -0.363. The van der Waals surface area contributed by atoms with Gasteiger partial charge in [-0.25, -0.2) is 0 Å². The molecule has 1 rings (SSSR count). The summed E-state index contributed by atoms with van der Waals surface area (Å²) in [5.41, 5.74) is 0. The third-order valence-corrected chi connectivity index (χ3v) is 4.76. The van der Waals surface area contributed by atoms with Crippen molar-refractivity contribution < 1.29 is 29.6 Å². The minimum Gasteiger partial charge on any atom is -0.458 e. The molecule has 1 aliphatic heterocycles. The number of esters is 1. The Balaban J connectivity index is 2.41. The number of aliphatic hydroxyl groups excluding tert-OH is 3. The SMILES string of the molecule is CCCOCCCCCCN1C[C@H](OC(=O)CCC)[C@@H](O)[C@H](O)[C@H]1CO. The molecule has 0 unspecified atom stereocenters. The van der Waals surface area contributed by atoms with Gasteiger partial charge in [-0.3, -0.25) is 9.69 Å². The smallest absolute Gasteiger partial charge is 0.306 e. The van der Waals surface area contributed by atoms with Crippen molar-refractivity contribution in [2.24, 2.45) is 0 Å². The number of nitrogens with zero attached hydrogens (tertiary/aromatic N) is 1. The molecule has 0 aromatic rings. The molecule has 4 atom stereocenters. The molecule has 0 aromatic heterocycles. The van der Waals surface area contributed by atoms with E-state index in [1.807, 2.05) is 11.8 Å². The summed E-state index contributed by atoms with van der Waals surface area (Å²) in [5, 5.41) is 30.1. The molecular formula is C19H37NO6. The predicted octanol–water partition coefficient (Wildman–Crippen LogP) is 1.08. The Kier molecular flexibility index (Phi) is 12.0. The van der Waals surface area contributed by atoms with Gasteiger partial charge in [-0.05, 0) is 32.2 Å². The fourth-order valence-electron chi connectivity index (χ4n) is 3.28. The highest BCUT2D eigenvalue weighted by Crippen LogP contribution is 2.22. The molecule has 1 aliphatic rings. The minimum atomic E-state index is -1.17. The van der Waals surface area contributed by atoms with Crippen LogP contribution in [-0.2, 0) is 14.3 Å². The van der Waals surface area contributed by atoms with Gasteiger partial charge in [0.05, 0.1) is 12.6 Å². The van der Waals surface area contributed by atoms with Gasteiger partial charge in [-0.2, -0.15) is 0 Å². The lowest BCUT2D eigenvalue weighted by Gasteiger charge is -2.44. The van der Waals surface area contributed by atoms with E-state index < -0.39 is 24.4 Å². The molecule has 0 aliphatic carbocycles. The number of likely N-dealkylation sites (tertiary alicyclic amines) is 1. The molecule has 0 bridgehead atoms. The first-order valence-electron chi connectivity index (χ1n) is 10.0. The zero-order valence-electron chi connectivity index (χ0n) is 16.3. The van der Waals surface area contributed by atoms with Crippen LogP contribution >= 0.6 is 0 Å². The number of unbranched alkanes of at least 4 members (excludes halogenated alkanes) is 3. The molecule has 0 amide bonds. The fourth-order valence-corrected chi connectivity index (χ4v) is 3.28. The minimum absolute atomic E-state index is 0.237. The molecule has 26 heavy (non-hydrogen) atoms. The van der Waals surface area contributed by atoms with E-state index in [4.69, 9.17) is 9.47 Å². The second-order valence-electron chi connectivity index (χ2n) is 7.03. The van der Waals surface area contributed by atoms with Crippen molar-refractivity contribution in [1.29, 1.82) is 0 Å². The standard InChI is InChI=1S/C19H37NO6/c1-3-9-17(22)26-16-13-20(15(14-21)18(23)19(16)24)10-7-5-6-8-12-25-11-4-2/h15-16,18-19,21,23-24H,3-14H2,1-2H3/t15-,16+,18-,19-/m1/s1. The molecule has 0 saturated carbocycles. The molecule has 7 heteroatoms. The Morgan fingerprint density at radius 1 is 1.04 bits per heavy atom. The first-order chi connectivity index (χ1) is 12.5. The van der Waals surface area contributed by atoms with Crippen LogP contribution < -0.4 is 0 Å². The molecule has 0 spiro atoms. The molecule has 0 radical (unpaired) electrons. The number of rotatable bonds is 13. The fraction of sp³-hybridized carbons (Fsp3) is 0.947. The van der Waals surface area contributed by atoms with Crippen LogP contribution in [0.1, 0.15) is 58.8 Å². The van der Waals surface area contributed by atoms with E-state index in [0.29, 0.717) is 25.9 Å². The Morgan fingerprint density at radius 2 is 1.77 bits per heavy atom. The molecule has 154 valence electrons. The average molecular weight is 376 g/mol. The largest absolute Gasteiger partial charge is 0.458 e. The maximum absolute atomic E-state index is 11.7. The van der Waals surface area contributed by atoms with E-state index in [1.54, 1.807) is 0 Å². The number of piperidine rings is 1. The molecule has 0 aromatic carbocycles. The van der Waals surface area contributed by atoms with Crippen molar-refractivity contribution >= 4 is 5.97 Å². The highest BCUT2D eigenvalue weighted by atomic mass is 16.6. The van der Waals surface area contributed by atoms with Gasteiger partial charge in [0.1, 0.15) is 18.3 Å². The summed E-state index contributed by atoms with van der Waals surface area (Å²) >= 11 is 0. The van der Waals surface area contributed by atoms with Crippen LogP contribution in [0.15, 0.2) is 0 Å². The Hall–Kier alpha value is -0.730. The normalized spacial score (nSPS) is 26.8. The molecular weight excluding hydrogens is 338 g/mol. The van der Waals surface area contributed by atoms with Gasteiger partial charge in [0.15, 0.2) is 0 Å². The van der Waals surface area contributed by atoms with Crippen LogP contribution in [0.2, 0.25) is 0 Å². The van der Waals surface area contributed by atoms with Crippen molar-refractivity contribution in [2.75, 3.05) is 32.9 Å². The van der Waals surface area contributed by atoms with Gasteiger partial charge in [-0.1, -0.05) is 26.7 Å². The number of aliphatic hydroxyl groups is 3. The summed E-state index contributed by atoms with van der Waals surface area (Å²) < 4.78 is 10.8. The van der Waals surface area contributed by atoms with Crippen LogP contribution in [-0.4, -0.2) is 83.5 Å². The third-order valence-electron chi connectivity index (χ3n) is 4.76. The van der Waals surface area contributed by atoms with Crippen molar-refractivity contribution in [1.82, 2.24) is 4.90 Å². The highest BCUT2D eigenvalue weighted by Gasteiger charge is 2.43. The van der Waals surface area contributed by atoms with Gasteiger partial charge >= 0.3 is 5.97 Å². The highest BCUT2D eigenvalue weighted by molar-refractivity contribution is 5.69. The van der Waals surface area contributed by atoms with Gasteiger partial charge in [0.25, 0.3) is 0 Å². The summed E-state index contributed by atoms with van der Waals surface area (Å²) in [6.07, 6.45) is 3.01. The van der Waals surface area contributed by atoms with E-state index in [-0.39, 0.29) is 12.6 Å². The second kappa shape index (κ2) is 13.4. The van der Waals surface area contributed by atoms with Gasteiger partial charge in [-0.15, -0.1) is 0 Å². The van der Waals surface area contributed by atoms with Gasteiger partial charge in [0.2, 0.25) is 0 Å². The van der Waals surface area contributed by atoms with E-state index >= 15 is 0 Å². The Bertz CT molecular complexity index is 381. The van der Waals surface area contributed by atoms with E-state index in [0.717, 1.165) is 45.3 Å². The van der Waals surface area contributed by atoms with Gasteiger partial charge < -0.3 is 24.8 Å². The Labute approximate surface area is 157 Å². The number of carbonyl (C=O) groups is 1. The average Bonchev–Trinajstić information content (AvgIpc) is 2.62. The van der Waals surface area contributed by atoms with Crippen molar-refractivity contribution in [3.05, 3.63) is 0 Å². The quantitative estimate of drug-likeness (QED) is 0.327. The molecule has 3 N–H and O–H groups in total. The van der Waals surface area contributed by atoms with Crippen LogP contribution in [0.5, 0.6) is 0 Å². The summed E-state index contributed by atoms with van der Waals surface area (Å²) in [6.45, 7) is 6.36. The van der Waals surface area contributed by atoms with Crippen molar-refractivity contribution in [3.63, 3.8) is 0 Å². The topological polar surface area (TPSA) is 99.5 Å². The lowest BCUT2D eigenvalue weighted by molar-refractivity contribution is -0.180. The van der Waals surface area contributed by atoms with Crippen LogP contribution in [0.25, 0.3) is 0 Å². The number of hydrogen-bond acceptors (Lipinski definition) is 7. The molecule has 1 heterocycles. The zero-order valence-corrected chi connectivity index (χ0v) is 16.3. The molecule has 1 fully saturated rings. The molecule has 7 nitrogen and oxygen atoms in total. The number of carbonyl (C=O) groups excluding carboxylic acids is 1. The van der Waals surface area contributed by atoms with Crippen LogP contribution in [0.4, 0.5) is 0 Å². The lowest BCUT2D eigenvalue weighted by atomic mass is 9.93. The van der Waals surface area contributed by atoms with E-state index in [9.17, 15) is 20.1 Å². The van der Waals surface area contributed by atoms with E-state index in [1.165, 1.54) is 0 Å². The summed E-state index contributed by atoms with van der Waals surface area (Å²) in [6, 6.07) is -0.529. The zero-order chi connectivity index (χ0) is 19.4. The van der Waals surface area contributed by atoms with Crippen LogP contribution in [0, 0.1) is 0 Å². The number of hydrogen-bond donors (Lipinski definition) is 3. The number of ether oxygens (including phenoxy) is 2. The third kappa shape index (κ3) is 7.88. The van der Waals surface area contributed by atoms with Crippen molar-refractivity contribution in [2.45, 2.75) is 83.1 Å². The summed E-state index contributed by atoms with van der Waals surface area (Å²) in [7, 11) is 0. The monoisotopic (exact) mass is 375 g/mol. The lowest BCUT2D eigenvalue weighted by Crippen LogP contribution is -2.63. The molecule has 1 saturated heterocycles. The first kappa shape index (κ1) is 23.3. The van der Waals surface area contributed by atoms with Crippen molar-refractivity contribution in [3.8, 4) is 0 Å². The predicted molar refractivity (Wildman–Crippen MR) is 98.8 cm³/mol.